The minimum Gasteiger partial charge on any atom is -0.481 e. The Morgan fingerprint density at radius 3 is 2.73 bits per heavy atom. The van der Waals surface area contributed by atoms with Crippen molar-refractivity contribution in [1.29, 1.82) is 0 Å². The molecule has 2 aliphatic rings. The molecule has 4 heteroatoms. The van der Waals surface area contributed by atoms with Crippen molar-refractivity contribution in [2.45, 2.75) is 31.8 Å². The third-order valence-corrected chi connectivity index (χ3v) is 3.55. The van der Waals surface area contributed by atoms with Gasteiger partial charge in [-0.1, -0.05) is 0 Å². The average molecular weight is 213 g/mol. The molecule has 0 unspecified atom stereocenters. The number of carboxylic acids is 1. The number of nitrogens with one attached hydrogen (secondary N) is 1. The Kier molecular flexibility index (Phi) is 3.59. The zero-order valence-corrected chi connectivity index (χ0v) is 8.95. The van der Waals surface area contributed by atoms with E-state index in [0.717, 1.165) is 32.4 Å². The summed E-state index contributed by atoms with van der Waals surface area (Å²) in [6, 6.07) is 0. The van der Waals surface area contributed by atoms with E-state index in [-0.39, 0.29) is 12.0 Å². The molecule has 2 rings (SSSR count). The topological polar surface area (TPSA) is 58.6 Å². The van der Waals surface area contributed by atoms with Crippen LogP contribution in [-0.2, 0) is 9.53 Å². The zero-order valence-electron chi connectivity index (χ0n) is 8.95. The van der Waals surface area contributed by atoms with E-state index in [4.69, 9.17) is 9.84 Å². The van der Waals surface area contributed by atoms with E-state index < -0.39 is 5.97 Å². The van der Waals surface area contributed by atoms with E-state index >= 15 is 0 Å². The smallest absolute Gasteiger partial charge is 0.309 e. The lowest BCUT2D eigenvalue weighted by Gasteiger charge is -2.26. The van der Waals surface area contributed by atoms with Gasteiger partial charge in [0.05, 0.1) is 12.0 Å². The Morgan fingerprint density at radius 1 is 1.33 bits per heavy atom. The molecule has 0 spiro atoms. The van der Waals surface area contributed by atoms with Crippen molar-refractivity contribution in [3.05, 3.63) is 0 Å². The molecule has 0 aromatic heterocycles. The van der Waals surface area contributed by atoms with E-state index in [2.05, 4.69) is 5.32 Å². The fraction of sp³-hybridized carbons (Fsp3) is 0.909. The highest BCUT2D eigenvalue weighted by Gasteiger charge is 2.35. The van der Waals surface area contributed by atoms with E-state index in [9.17, 15) is 4.79 Å². The molecule has 86 valence electrons. The largest absolute Gasteiger partial charge is 0.481 e. The predicted octanol–water partition coefficient (Wildman–Crippen LogP) is 0.866. The monoisotopic (exact) mass is 213 g/mol. The van der Waals surface area contributed by atoms with Gasteiger partial charge in [0.1, 0.15) is 0 Å². The van der Waals surface area contributed by atoms with Crippen LogP contribution in [0.15, 0.2) is 0 Å². The summed E-state index contributed by atoms with van der Waals surface area (Å²) in [6.45, 7) is 2.75. The minimum atomic E-state index is -0.688. The van der Waals surface area contributed by atoms with Crippen LogP contribution >= 0.6 is 0 Å². The van der Waals surface area contributed by atoms with Crippen molar-refractivity contribution in [1.82, 2.24) is 5.32 Å². The normalized spacial score (nSPS) is 33.1. The lowest BCUT2D eigenvalue weighted by Crippen LogP contribution is -2.32. The van der Waals surface area contributed by atoms with Gasteiger partial charge in [-0.25, -0.2) is 0 Å². The van der Waals surface area contributed by atoms with Gasteiger partial charge in [0.2, 0.25) is 0 Å². The van der Waals surface area contributed by atoms with Crippen LogP contribution in [0, 0.1) is 11.8 Å². The van der Waals surface area contributed by atoms with Gasteiger partial charge in [-0.3, -0.25) is 4.79 Å². The second kappa shape index (κ2) is 4.94. The second-order valence-electron chi connectivity index (χ2n) is 4.57. The first kappa shape index (κ1) is 10.9. The fourth-order valence-electron chi connectivity index (χ4n) is 2.61. The number of aliphatic carboxylic acids is 1. The molecule has 0 aliphatic carbocycles. The molecule has 0 bridgehead atoms. The van der Waals surface area contributed by atoms with Crippen LogP contribution in [0.25, 0.3) is 0 Å². The third-order valence-electron chi connectivity index (χ3n) is 3.55. The summed E-state index contributed by atoms with van der Waals surface area (Å²) in [6.07, 6.45) is 3.90. The first-order valence-corrected chi connectivity index (χ1v) is 5.82. The Balaban J connectivity index is 1.84. The van der Waals surface area contributed by atoms with Crippen molar-refractivity contribution in [2.24, 2.45) is 11.8 Å². The van der Waals surface area contributed by atoms with Gasteiger partial charge in [-0.2, -0.15) is 0 Å². The quantitative estimate of drug-likeness (QED) is 0.730. The van der Waals surface area contributed by atoms with Crippen molar-refractivity contribution in [3.8, 4) is 0 Å². The maximum atomic E-state index is 11.0. The molecule has 2 atom stereocenters. The van der Waals surface area contributed by atoms with Gasteiger partial charge in [0, 0.05) is 6.61 Å². The van der Waals surface area contributed by atoms with Gasteiger partial charge < -0.3 is 15.2 Å². The van der Waals surface area contributed by atoms with Crippen LogP contribution in [-0.4, -0.2) is 36.9 Å². The summed E-state index contributed by atoms with van der Waals surface area (Å²) in [5.74, 6) is -0.303. The van der Waals surface area contributed by atoms with Crippen LogP contribution in [0.4, 0.5) is 0 Å². The number of carbonyl (C=O) groups is 1. The number of hydrogen-bond donors (Lipinski definition) is 2. The average Bonchev–Trinajstić information content (AvgIpc) is 2.67. The lowest BCUT2D eigenvalue weighted by molar-refractivity contribution is -0.143. The Bertz CT molecular complexity index is 226. The summed E-state index contributed by atoms with van der Waals surface area (Å²) >= 11 is 0. The third kappa shape index (κ3) is 2.69. The molecule has 15 heavy (non-hydrogen) atoms. The molecule has 4 nitrogen and oxygen atoms in total. The summed E-state index contributed by atoms with van der Waals surface area (Å²) in [5, 5.41) is 12.3. The SMILES string of the molecule is O=C(O)[C@@H]1CCO[C@@H]1CC1CCNCC1. The van der Waals surface area contributed by atoms with Gasteiger partial charge in [0.15, 0.2) is 0 Å². The summed E-state index contributed by atoms with van der Waals surface area (Å²) in [4.78, 5) is 11.0. The summed E-state index contributed by atoms with van der Waals surface area (Å²) in [7, 11) is 0. The number of rotatable bonds is 3. The zero-order chi connectivity index (χ0) is 10.7. The van der Waals surface area contributed by atoms with Gasteiger partial charge in [-0.05, 0) is 44.7 Å². The Morgan fingerprint density at radius 2 is 2.07 bits per heavy atom. The van der Waals surface area contributed by atoms with Crippen LogP contribution < -0.4 is 5.32 Å². The molecular weight excluding hydrogens is 194 g/mol. The molecule has 2 N–H and O–H groups in total. The van der Waals surface area contributed by atoms with Crippen LogP contribution in [0.5, 0.6) is 0 Å². The maximum absolute atomic E-state index is 11.0. The Hall–Kier alpha value is -0.610. The molecule has 0 radical (unpaired) electrons. The van der Waals surface area contributed by atoms with Crippen molar-refractivity contribution >= 4 is 5.97 Å². The minimum absolute atomic E-state index is 0.0365. The molecule has 2 fully saturated rings. The first-order chi connectivity index (χ1) is 7.27. The highest BCUT2D eigenvalue weighted by atomic mass is 16.5. The van der Waals surface area contributed by atoms with Gasteiger partial charge >= 0.3 is 5.97 Å². The fourth-order valence-corrected chi connectivity index (χ4v) is 2.61. The predicted molar refractivity (Wildman–Crippen MR) is 55.7 cm³/mol. The van der Waals surface area contributed by atoms with Crippen LogP contribution in [0.1, 0.15) is 25.7 Å². The highest BCUT2D eigenvalue weighted by Crippen LogP contribution is 2.29. The van der Waals surface area contributed by atoms with Crippen LogP contribution in [0.2, 0.25) is 0 Å². The highest BCUT2D eigenvalue weighted by molar-refractivity contribution is 5.71. The molecule has 0 saturated carbocycles. The summed E-state index contributed by atoms with van der Waals surface area (Å²) < 4.78 is 5.53. The molecule has 0 aromatic rings. The van der Waals surface area contributed by atoms with E-state index in [1.807, 2.05) is 0 Å². The van der Waals surface area contributed by atoms with Crippen molar-refractivity contribution in [3.63, 3.8) is 0 Å². The second-order valence-corrected chi connectivity index (χ2v) is 4.57. The van der Waals surface area contributed by atoms with Gasteiger partial charge in [-0.15, -0.1) is 0 Å². The molecular formula is C11H19NO3. The molecule has 2 saturated heterocycles. The van der Waals surface area contributed by atoms with E-state index in [0.29, 0.717) is 18.9 Å². The molecule has 0 aromatic carbocycles. The van der Waals surface area contributed by atoms with Gasteiger partial charge in [0.25, 0.3) is 0 Å². The lowest BCUT2D eigenvalue weighted by atomic mass is 9.87. The number of carboxylic acid groups (broad SMARTS) is 1. The van der Waals surface area contributed by atoms with E-state index in [1.165, 1.54) is 0 Å². The van der Waals surface area contributed by atoms with E-state index in [1.54, 1.807) is 0 Å². The number of piperidine rings is 1. The van der Waals surface area contributed by atoms with Crippen molar-refractivity contribution in [2.75, 3.05) is 19.7 Å². The number of ether oxygens (including phenoxy) is 1. The van der Waals surface area contributed by atoms with Crippen LogP contribution in [0.3, 0.4) is 0 Å². The van der Waals surface area contributed by atoms with Crippen molar-refractivity contribution < 1.29 is 14.6 Å². The summed E-state index contributed by atoms with van der Waals surface area (Å²) in [5.41, 5.74) is 0. The molecule has 0 amide bonds. The maximum Gasteiger partial charge on any atom is 0.309 e. The first-order valence-electron chi connectivity index (χ1n) is 5.82. The number of hydrogen-bond acceptors (Lipinski definition) is 3. The molecule has 2 heterocycles. The molecule has 2 aliphatic heterocycles. The Labute approximate surface area is 90.0 Å². The standard InChI is InChI=1S/C11H19NO3/c13-11(14)9-3-6-15-10(9)7-8-1-4-12-5-2-8/h8-10,12H,1-7H2,(H,13,14)/t9-,10-/m1/s1.